The van der Waals surface area contributed by atoms with Crippen molar-refractivity contribution in [1.82, 2.24) is 15.5 Å². The smallest absolute Gasteiger partial charge is 0.240 e. The minimum Gasteiger partial charge on any atom is -0.370 e. The second kappa shape index (κ2) is 10.7. The summed E-state index contributed by atoms with van der Waals surface area (Å²) in [5, 5.41) is 7.87. The predicted molar refractivity (Wildman–Crippen MR) is 110 cm³/mol. The summed E-state index contributed by atoms with van der Waals surface area (Å²) in [5.74, 6) is 0. The summed E-state index contributed by atoms with van der Waals surface area (Å²) in [6.45, 7) is 7.56. The number of quaternary nitrogens is 1. The first kappa shape index (κ1) is 21.7. The van der Waals surface area contributed by atoms with Crippen LogP contribution in [0.4, 0.5) is 0 Å². The Labute approximate surface area is 166 Å². The van der Waals surface area contributed by atoms with Crippen LogP contribution in [0.1, 0.15) is 18.9 Å². The van der Waals surface area contributed by atoms with E-state index in [9.17, 15) is 8.42 Å². The van der Waals surface area contributed by atoms with E-state index >= 15 is 0 Å². The van der Waals surface area contributed by atoms with Gasteiger partial charge in [-0.15, -0.1) is 0 Å². The van der Waals surface area contributed by atoms with E-state index in [-0.39, 0.29) is 4.90 Å². The normalized spacial score (nSPS) is 16.1. The molecule has 0 bridgehead atoms. The van der Waals surface area contributed by atoms with Crippen LogP contribution in [0.2, 0.25) is 0 Å². The lowest BCUT2D eigenvalue weighted by molar-refractivity contribution is -0.908. The molecule has 0 saturated carbocycles. The summed E-state index contributed by atoms with van der Waals surface area (Å²) in [6.07, 6.45) is 1.03. The number of thiocarbonyl (C=S) groups is 1. The molecule has 1 heterocycles. The molecular formula is C17H28N5O3S2+. The minimum absolute atomic E-state index is 0.217. The zero-order valence-electron chi connectivity index (χ0n) is 15.7. The van der Waals surface area contributed by atoms with Gasteiger partial charge in [0.15, 0.2) is 5.11 Å². The standard InChI is InChI=1S/C17H27N5O3S2/c1-14(15-4-6-16(7-5-15)27(23,24)18-2)20-21-17(26)19-8-3-9-22-10-12-25-13-11-22/h4-7,18H,3,8-13H2,1-2H3,(H2,19,21,26)/p+1/b20-14-. The van der Waals surface area contributed by atoms with Crippen LogP contribution >= 0.6 is 12.2 Å². The number of nitrogens with one attached hydrogen (secondary N) is 4. The van der Waals surface area contributed by atoms with Crippen LogP contribution in [-0.2, 0) is 14.8 Å². The zero-order valence-corrected chi connectivity index (χ0v) is 17.4. The van der Waals surface area contributed by atoms with E-state index < -0.39 is 10.0 Å². The van der Waals surface area contributed by atoms with Gasteiger partial charge in [-0.1, -0.05) is 12.1 Å². The van der Waals surface area contributed by atoms with E-state index in [4.69, 9.17) is 17.0 Å². The first-order chi connectivity index (χ1) is 12.9. The van der Waals surface area contributed by atoms with E-state index in [1.807, 2.05) is 6.92 Å². The number of hydrazone groups is 1. The molecule has 0 aliphatic carbocycles. The molecule has 1 aromatic carbocycles. The van der Waals surface area contributed by atoms with Gasteiger partial charge in [-0.25, -0.2) is 13.1 Å². The quantitative estimate of drug-likeness (QED) is 0.190. The van der Waals surface area contributed by atoms with Crippen LogP contribution in [0.3, 0.4) is 0 Å². The Morgan fingerprint density at radius 1 is 1.26 bits per heavy atom. The molecule has 0 unspecified atom stereocenters. The Morgan fingerprint density at radius 2 is 1.93 bits per heavy atom. The molecule has 1 aliphatic rings. The number of benzene rings is 1. The van der Waals surface area contributed by atoms with Gasteiger partial charge in [0.2, 0.25) is 10.0 Å². The lowest BCUT2D eigenvalue weighted by atomic mass is 10.1. The van der Waals surface area contributed by atoms with Crippen LogP contribution < -0.4 is 20.4 Å². The molecule has 0 aromatic heterocycles. The van der Waals surface area contributed by atoms with Crippen molar-refractivity contribution < 1.29 is 18.1 Å². The fourth-order valence-corrected chi connectivity index (χ4v) is 3.56. The Hall–Kier alpha value is -1.59. The molecule has 1 fully saturated rings. The van der Waals surface area contributed by atoms with Crippen molar-refractivity contribution in [3.05, 3.63) is 29.8 Å². The Kier molecular flexibility index (Phi) is 8.58. The van der Waals surface area contributed by atoms with Crippen molar-refractivity contribution in [3.8, 4) is 0 Å². The monoisotopic (exact) mass is 414 g/mol. The average Bonchev–Trinajstić information content (AvgIpc) is 2.70. The summed E-state index contributed by atoms with van der Waals surface area (Å²) < 4.78 is 31.1. The molecule has 1 saturated heterocycles. The topological polar surface area (TPSA) is 96.3 Å². The van der Waals surface area contributed by atoms with Crippen molar-refractivity contribution in [2.45, 2.75) is 18.2 Å². The van der Waals surface area contributed by atoms with Crippen LogP contribution in [0.25, 0.3) is 0 Å². The van der Waals surface area contributed by atoms with Gasteiger partial charge in [0.05, 0.1) is 30.4 Å². The number of hydrogen-bond acceptors (Lipinski definition) is 5. The van der Waals surface area contributed by atoms with Crippen molar-refractivity contribution in [2.24, 2.45) is 5.10 Å². The van der Waals surface area contributed by atoms with E-state index in [1.54, 1.807) is 29.2 Å². The second-order valence-electron chi connectivity index (χ2n) is 6.26. The predicted octanol–water partition coefficient (Wildman–Crippen LogP) is -0.912. The number of sulfonamides is 1. The van der Waals surface area contributed by atoms with Gasteiger partial charge in [-0.2, -0.15) is 5.10 Å². The maximum atomic E-state index is 11.7. The number of hydrogen-bond donors (Lipinski definition) is 4. The highest BCUT2D eigenvalue weighted by Crippen LogP contribution is 2.10. The van der Waals surface area contributed by atoms with Gasteiger partial charge in [0.1, 0.15) is 13.1 Å². The molecule has 2 rings (SSSR count). The average molecular weight is 415 g/mol. The molecule has 0 amide bonds. The fourth-order valence-electron chi connectivity index (χ4n) is 2.68. The van der Waals surface area contributed by atoms with Gasteiger partial charge in [-0.05, 0) is 43.9 Å². The van der Waals surface area contributed by atoms with Crippen molar-refractivity contribution in [3.63, 3.8) is 0 Å². The Balaban J connectivity index is 1.74. The summed E-state index contributed by atoms with van der Waals surface area (Å²) in [6, 6.07) is 6.52. The molecular weight excluding hydrogens is 386 g/mol. The fraction of sp³-hybridized carbons (Fsp3) is 0.529. The van der Waals surface area contributed by atoms with E-state index in [0.717, 1.165) is 51.4 Å². The molecule has 10 heteroatoms. The third-order valence-electron chi connectivity index (χ3n) is 4.37. The van der Waals surface area contributed by atoms with Gasteiger partial charge in [-0.3, -0.25) is 5.43 Å². The van der Waals surface area contributed by atoms with Crippen molar-refractivity contribution >= 4 is 33.1 Å². The van der Waals surface area contributed by atoms with Crippen molar-refractivity contribution in [2.75, 3.05) is 46.4 Å². The second-order valence-corrected chi connectivity index (χ2v) is 8.56. The van der Waals surface area contributed by atoms with Gasteiger partial charge in [0, 0.05) is 13.0 Å². The molecule has 0 spiro atoms. The lowest BCUT2D eigenvalue weighted by Gasteiger charge is -2.23. The first-order valence-corrected chi connectivity index (χ1v) is 10.8. The molecule has 1 aromatic rings. The van der Waals surface area contributed by atoms with Gasteiger partial charge >= 0.3 is 0 Å². The Morgan fingerprint density at radius 3 is 2.56 bits per heavy atom. The molecule has 8 nitrogen and oxygen atoms in total. The van der Waals surface area contributed by atoms with E-state index in [2.05, 4.69) is 20.6 Å². The molecule has 1 aliphatic heterocycles. The first-order valence-electron chi connectivity index (χ1n) is 8.96. The lowest BCUT2D eigenvalue weighted by Crippen LogP contribution is -3.14. The maximum Gasteiger partial charge on any atom is 0.240 e. The number of rotatable bonds is 8. The van der Waals surface area contributed by atoms with Gasteiger partial charge in [0.25, 0.3) is 0 Å². The van der Waals surface area contributed by atoms with Crippen LogP contribution in [0.5, 0.6) is 0 Å². The SMILES string of the molecule is CNS(=O)(=O)c1ccc(/C(C)=N\NC(=S)NCCC[NH+]2CCOCC2)cc1. The minimum atomic E-state index is -3.43. The maximum absolute atomic E-state index is 11.7. The third-order valence-corrected chi connectivity index (χ3v) is 6.03. The molecule has 0 atom stereocenters. The highest BCUT2D eigenvalue weighted by molar-refractivity contribution is 7.89. The van der Waals surface area contributed by atoms with E-state index in [1.165, 1.54) is 7.05 Å². The van der Waals surface area contributed by atoms with Crippen LogP contribution in [-0.4, -0.2) is 65.7 Å². The zero-order chi connectivity index (χ0) is 19.7. The highest BCUT2D eigenvalue weighted by atomic mass is 32.2. The number of morpholine rings is 1. The Bertz CT molecular complexity index is 744. The molecule has 150 valence electrons. The number of nitrogens with zero attached hydrogens (tertiary/aromatic N) is 1. The molecule has 0 radical (unpaired) electrons. The van der Waals surface area contributed by atoms with Crippen LogP contribution in [0, 0.1) is 0 Å². The van der Waals surface area contributed by atoms with Crippen LogP contribution in [0.15, 0.2) is 34.3 Å². The summed E-state index contributed by atoms with van der Waals surface area (Å²) >= 11 is 5.23. The molecule has 4 N–H and O–H groups in total. The molecule has 27 heavy (non-hydrogen) atoms. The largest absolute Gasteiger partial charge is 0.370 e. The number of ether oxygens (including phenoxy) is 1. The third kappa shape index (κ3) is 7.15. The summed E-state index contributed by atoms with van der Waals surface area (Å²) in [4.78, 5) is 1.79. The summed E-state index contributed by atoms with van der Waals surface area (Å²) in [5.41, 5.74) is 4.36. The van der Waals surface area contributed by atoms with Gasteiger partial charge < -0.3 is 15.0 Å². The summed E-state index contributed by atoms with van der Waals surface area (Å²) in [7, 11) is -2.05. The van der Waals surface area contributed by atoms with Crippen molar-refractivity contribution in [1.29, 1.82) is 0 Å². The highest BCUT2D eigenvalue weighted by Gasteiger charge is 2.13. The van der Waals surface area contributed by atoms with E-state index in [0.29, 0.717) is 10.8 Å².